The molecule has 1 aliphatic heterocycles. The Balaban J connectivity index is 1.58. The number of carbonyl (C=O) groups is 2. The molecule has 1 unspecified atom stereocenters. The lowest BCUT2D eigenvalue weighted by molar-refractivity contribution is -0.114. The fourth-order valence-corrected chi connectivity index (χ4v) is 5.16. The van der Waals surface area contributed by atoms with Crippen molar-refractivity contribution in [1.82, 2.24) is 5.32 Å². The van der Waals surface area contributed by atoms with Crippen molar-refractivity contribution in [3.63, 3.8) is 0 Å². The number of aryl methyl sites for hydroxylation is 2. The summed E-state index contributed by atoms with van der Waals surface area (Å²) in [5.74, 6) is -0.0788. The van der Waals surface area contributed by atoms with Crippen LogP contribution in [0, 0.1) is 25.2 Å². The van der Waals surface area contributed by atoms with Gasteiger partial charge in [-0.2, -0.15) is 5.26 Å². The molecule has 2 amide bonds. The highest BCUT2D eigenvalue weighted by Gasteiger charge is 2.36. The summed E-state index contributed by atoms with van der Waals surface area (Å²) < 4.78 is 10.8. The van der Waals surface area contributed by atoms with E-state index in [1.54, 1.807) is 50.4 Å². The van der Waals surface area contributed by atoms with Gasteiger partial charge < -0.3 is 25.1 Å². The Labute approximate surface area is 225 Å². The van der Waals surface area contributed by atoms with Gasteiger partial charge in [-0.1, -0.05) is 30.0 Å². The molecule has 0 radical (unpaired) electrons. The van der Waals surface area contributed by atoms with E-state index in [0.717, 1.165) is 16.8 Å². The number of dihydropyridines is 1. The van der Waals surface area contributed by atoms with Crippen LogP contribution in [0.5, 0.6) is 5.75 Å². The summed E-state index contributed by atoms with van der Waals surface area (Å²) in [5, 5.41) is 19.7. The summed E-state index contributed by atoms with van der Waals surface area (Å²) in [6.07, 6.45) is 1.51. The van der Waals surface area contributed by atoms with E-state index in [9.17, 15) is 14.9 Å². The van der Waals surface area contributed by atoms with E-state index in [4.69, 9.17) is 9.15 Å². The van der Waals surface area contributed by atoms with Crippen LogP contribution in [0.15, 0.2) is 87.1 Å². The Hall–Kier alpha value is -4.42. The molecule has 194 valence electrons. The average Bonchev–Trinajstić information content (AvgIpc) is 3.44. The third kappa shape index (κ3) is 5.76. The quantitative estimate of drug-likeness (QED) is 0.348. The number of nitrogens with one attached hydrogen (secondary N) is 3. The molecule has 9 heteroatoms. The summed E-state index contributed by atoms with van der Waals surface area (Å²) in [5.41, 5.74) is 4.50. The molecule has 1 aliphatic rings. The summed E-state index contributed by atoms with van der Waals surface area (Å²) in [7, 11) is 1.58. The molecular weight excluding hydrogens is 500 g/mol. The Kier molecular flexibility index (Phi) is 8.24. The summed E-state index contributed by atoms with van der Waals surface area (Å²) >= 11 is 1.19. The first kappa shape index (κ1) is 26.6. The van der Waals surface area contributed by atoms with E-state index in [1.807, 2.05) is 32.0 Å². The maximum atomic E-state index is 13.6. The molecule has 1 aromatic heterocycles. The number of allylic oxidation sites excluding steroid dienone is 2. The van der Waals surface area contributed by atoms with Gasteiger partial charge in [-0.05, 0) is 68.3 Å². The number of furan rings is 1. The number of ether oxygens (including phenoxy) is 1. The van der Waals surface area contributed by atoms with Gasteiger partial charge in [-0.15, -0.1) is 0 Å². The molecule has 4 rings (SSSR count). The van der Waals surface area contributed by atoms with Crippen LogP contribution in [0.4, 0.5) is 11.4 Å². The maximum Gasteiger partial charge on any atom is 0.254 e. The fraction of sp³-hybridized carbons (Fsp3) is 0.207. The van der Waals surface area contributed by atoms with Gasteiger partial charge in [0.2, 0.25) is 5.91 Å². The van der Waals surface area contributed by atoms with Crippen molar-refractivity contribution < 1.29 is 18.7 Å². The number of hydrogen-bond acceptors (Lipinski definition) is 7. The van der Waals surface area contributed by atoms with Crippen LogP contribution in [-0.4, -0.2) is 24.7 Å². The van der Waals surface area contributed by atoms with Gasteiger partial charge in [0.05, 0.1) is 47.3 Å². The number of amides is 2. The Morgan fingerprint density at radius 3 is 2.37 bits per heavy atom. The van der Waals surface area contributed by atoms with Crippen LogP contribution in [0.25, 0.3) is 0 Å². The zero-order valence-electron chi connectivity index (χ0n) is 21.5. The zero-order valence-corrected chi connectivity index (χ0v) is 22.4. The molecular formula is C29H28N4O4S. The number of nitriles is 1. The highest BCUT2D eigenvalue weighted by Crippen LogP contribution is 2.41. The van der Waals surface area contributed by atoms with Gasteiger partial charge in [0.25, 0.3) is 5.91 Å². The number of nitrogens with zero attached hydrogens (tertiary/aromatic N) is 1. The molecule has 8 nitrogen and oxygen atoms in total. The minimum absolute atomic E-state index is 0.0572. The number of methoxy groups -OCH3 is 1. The number of hydrogen-bond donors (Lipinski definition) is 3. The van der Waals surface area contributed by atoms with E-state index in [0.29, 0.717) is 39.1 Å². The number of benzene rings is 2. The van der Waals surface area contributed by atoms with E-state index in [1.165, 1.54) is 18.0 Å². The molecule has 0 spiro atoms. The molecule has 0 saturated carbocycles. The second-order valence-electron chi connectivity index (χ2n) is 8.75. The van der Waals surface area contributed by atoms with Gasteiger partial charge in [-0.3, -0.25) is 9.59 Å². The number of anilines is 2. The van der Waals surface area contributed by atoms with Gasteiger partial charge in [-0.25, -0.2) is 0 Å². The van der Waals surface area contributed by atoms with Gasteiger partial charge in [0, 0.05) is 17.1 Å². The SMILES string of the molecule is COc1ccc(NC(=O)CSC2=C(C#N)C(c3ccco3)C(C(=O)Nc3c(C)cccc3C)=C(C)N2)cc1. The van der Waals surface area contributed by atoms with Crippen LogP contribution in [0.3, 0.4) is 0 Å². The smallest absolute Gasteiger partial charge is 0.254 e. The monoisotopic (exact) mass is 528 g/mol. The zero-order chi connectivity index (χ0) is 27.2. The van der Waals surface area contributed by atoms with Crippen molar-refractivity contribution >= 4 is 35.0 Å². The summed E-state index contributed by atoms with van der Waals surface area (Å²) in [6, 6.07) is 18.5. The minimum atomic E-state index is -0.729. The van der Waals surface area contributed by atoms with Crippen molar-refractivity contribution in [2.24, 2.45) is 0 Å². The fourth-order valence-electron chi connectivity index (χ4n) is 4.27. The number of carbonyl (C=O) groups excluding carboxylic acids is 2. The molecule has 0 fully saturated rings. The Morgan fingerprint density at radius 2 is 1.76 bits per heavy atom. The Bertz CT molecular complexity index is 1430. The largest absolute Gasteiger partial charge is 0.497 e. The van der Waals surface area contributed by atoms with Crippen molar-refractivity contribution in [2.45, 2.75) is 26.7 Å². The first-order valence-electron chi connectivity index (χ1n) is 11.9. The molecule has 3 aromatic rings. The van der Waals surface area contributed by atoms with Crippen LogP contribution in [0.1, 0.15) is 29.7 Å². The third-order valence-corrected chi connectivity index (χ3v) is 7.18. The molecule has 38 heavy (non-hydrogen) atoms. The summed E-state index contributed by atoms with van der Waals surface area (Å²) in [4.78, 5) is 26.3. The first-order valence-corrected chi connectivity index (χ1v) is 12.9. The molecule has 0 aliphatic carbocycles. The van der Waals surface area contributed by atoms with E-state index in [2.05, 4.69) is 22.0 Å². The van der Waals surface area contributed by atoms with E-state index < -0.39 is 5.92 Å². The van der Waals surface area contributed by atoms with Crippen LogP contribution in [0.2, 0.25) is 0 Å². The average molecular weight is 529 g/mol. The van der Waals surface area contributed by atoms with Gasteiger partial charge in [0.1, 0.15) is 11.5 Å². The highest BCUT2D eigenvalue weighted by molar-refractivity contribution is 8.03. The first-order chi connectivity index (χ1) is 18.3. The second kappa shape index (κ2) is 11.8. The molecule has 3 N–H and O–H groups in total. The maximum absolute atomic E-state index is 13.6. The normalized spacial score (nSPS) is 15.0. The lowest BCUT2D eigenvalue weighted by atomic mass is 9.85. The topological polar surface area (TPSA) is 116 Å². The summed E-state index contributed by atoms with van der Waals surface area (Å²) in [6.45, 7) is 5.64. The number of thioether (sulfide) groups is 1. The van der Waals surface area contributed by atoms with Crippen LogP contribution >= 0.6 is 11.8 Å². The lowest BCUT2D eigenvalue weighted by Crippen LogP contribution is -2.31. The van der Waals surface area contributed by atoms with Crippen molar-refractivity contribution in [2.75, 3.05) is 23.5 Å². The van der Waals surface area contributed by atoms with E-state index in [-0.39, 0.29) is 17.6 Å². The number of rotatable bonds is 8. The molecule has 2 aromatic carbocycles. The lowest BCUT2D eigenvalue weighted by Gasteiger charge is -2.28. The van der Waals surface area contributed by atoms with Crippen molar-refractivity contribution in [3.8, 4) is 11.8 Å². The van der Waals surface area contributed by atoms with Crippen molar-refractivity contribution in [1.29, 1.82) is 5.26 Å². The molecule has 0 saturated heterocycles. The standard InChI is InChI=1S/C29H28N4O4S/c1-17-7-5-8-18(2)27(17)33-28(35)25-19(3)31-29(22(15-30)26(25)23-9-6-14-37-23)38-16-24(34)32-20-10-12-21(36-4)13-11-20/h5-14,26,31H,16H2,1-4H3,(H,32,34)(H,33,35). The highest BCUT2D eigenvalue weighted by atomic mass is 32.2. The van der Waals surface area contributed by atoms with Crippen LogP contribution < -0.4 is 20.7 Å². The van der Waals surface area contributed by atoms with Gasteiger partial charge >= 0.3 is 0 Å². The third-order valence-electron chi connectivity index (χ3n) is 6.16. The Morgan fingerprint density at radius 1 is 1.05 bits per heavy atom. The van der Waals surface area contributed by atoms with E-state index >= 15 is 0 Å². The second-order valence-corrected chi connectivity index (χ2v) is 9.74. The van der Waals surface area contributed by atoms with Crippen LogP contribution in [-0.2, 0) is 9.59 Å². The van der Waals surface area contributed by atoms with Gasteiger partial charge in [0.15, 0.2) is 0 Å². The molecule has 1 atom stereocenters. The number of para-hydroxylation sites is 1. The predicted octanol–water partition coefficient (Wildman–Crippen LogP) is 5.61. The minimum Gasteiger partial charge on any atom is -0.497 e. The predicted molar refractivity (Wildman–Crippen MR) is 149 cm³/mol. The molecule has 2 heterocycles. The van der Waals surface area contributed by atoms with Crippen molar-refractivity contribution in [3.05, 3.63) is 99.6 Å². The molecule has 0 bridgehead atoms.